The van der Waals surface area contributed by atoms with Crippen molar-refractivity contribution >= 4 is 0 Å². The highest BCUT2D eigenvalue weighted by Gasteiger charge is 2.59. The summed E-state index contributed by atoms with van der Waals surface area (Å²) in [6.07, 6.45) is 9.92. The highest BCUT2D eigenvalue weighted by atomic mass is 16.7. The average molecular weight is 577 g/mol. The van der Waals surface area contributed by atoms with E-state index < -0.39 is 37.3 Å². The van der Waals surface area contributed by atoms with E-state index in [2.05, 4.69) is 47.6 Å². The summed E-state index contributed by atoms with van der Waals surface area (Å²) >= 11 is 0. The average Bonchev–Trinajstić information content (AvgIpc) is 3.30. The first kappa shape index (κ1) is 31.9. The predicted octanol–water partition coefficient (Wildman–Crippen LogP) is 5.85. The van der Waals surface area contributed by atoms with E-state index in [9.17, 15) is 20.4 Å². The third kappa shape index (κ3) is 5.73. The summed E-state index contributed by atoms with van der Waals surface area (Å²) in [7, 11) is 0. The molecule has 0 unspecified atom stereocenters. The van der Waals surface area contributed by atoms with E-state index in [1.165, 1.54) is 56.9 Å². The molecule has 0 spiro atoms. The highest BCUT2D eigenvalue weighted by Crippen LogP contribution is 2.67. The number of aliphatic hydroxyl groups excluding tert-OH is 4. The zero-order valence-corrected chi connectivity index (χ0v) is 26.7. The van der Waals surface area contributed by atoms with Crippen LogP contribution in [0.2, 0.25) is 0 Å². The molecule has 4 aliphatic carbocycles. The maximum atomic E-state index is 10.5. The lowest BCUT2D eigenvalue weighted by molar-refractivity contribution is -0.313. The Morgan fingerprint density at radius 2 is 1.71 bits per heavy atom. The summed E-state index contributed by atoms with van der Waals surface area (Å²) in [4.78, 5) is 0. The van der Waals surface area contributed by atoms with Crippen LogP contribution in [-0.2, 0) is 9.47 Å². The van der Waals surface area contributed by atoms with Gasteiger partial charge < -0.3 is 29.9 Å². The van der Waals surface area contributed by atoms with Crippen molar-refractivity contribution in [2.24, 2.45) is 52.3 Å². The Balaban J connectivity index is 1.24. The number of ether oxygens (including phenoxy) is 2. The lowest BCUT2D eigenvalue weighted by atomic mass is 9.47. The Labute approximate surface area is 249 Å². The minimum absolute atomic E-state index is 0.101. The first-order valence-corrected chi connectivity index (χ1v) is 17.1. The van der Waals surface area contributed by atoms with Gasteiger partial charge in [-0.1, -0.05) is 66.0 Å². The Morgan fingerprint density at radius 3 is 2.39 bits per heavy atom. The quantitative estimate of drug-likeness (QED) is 0.257. The van der Waals surface area contributed by atoms with Gasteiger partial charge >= 0.3 is 0 Å². The van der Waals surface area contributed by atoms with Crippen molar-refractivity contribution in [3.8, 4) is 0 Å². The van der Waals surface area contributed by atoms with Crippen LogP contribution in [-0.4, -0.2) is 63.8 Å². The molecule has 0 aromatic carbocycles. The van der Waals surface area contributed by atoms with Gasteiger partial charge in [-0.3, -0.25) is 0 Å². The molecule has 0 radical (unpaired) electrons. The largest absolute Gasteiger partial charge is 0.394 e. The van der Waals surface area contributed by atoms with Crippen LogP contribution in [0.4, 0.5) is 0 Å². The maximum absolute atomic E-state index is 10.5. The van der Waals surface area contributed by atoms with Crippen molar-refractivity contribution < 1.29 is 29.9 Å². The fourth-order valence-corrected chi connectivity index (χ4v) is 10.8. The summed E-state index contributed by atoms with van der Waals surface area (Å²) in [5.41, 5.74) is 2.19. The maximum Gasteiger partial charge on any atom is 0.186 e. The fraction of sp³-hybridized carbons (Fsp3) is 0.943. The van der Waals surface area contributed by atoms with Gasteiger partial charge in [-0.2, -0.15) is 0 Å². The van der Waals surface area contributed by atoms with Gasteiger partial charge in [0.15, 0.2) is 6.29 Å². The van der Waals surface area contributed by atoms with E-state index in [0.717, 1.165) is 60.7 Å². The van der Waals surface area contributed by atoms with Crippen molar-refractivity contribution in [1.82, 2.24) is 0 Å². The lowest BCUT2D eigenvalue weighted by Gasteiger charge is -2.58. The molecule has 5 aliphatic rings. The number of allylic oxidation sites excluding steroid dienone is 1. The smallest absolute Gasteiger partial charge is 0.186 e. The van der Waals surface area contributed by atoms with Gasteiger partial charge in [-0.05, 0) is 110 Å². The molecule has 236 valence electrons. The Hall–Kier alpha value is -0.500. The van der Waals surface area contributed by atoms with E-state index in [4.69, 9.17) is 9.47 Å². The molecule has 1 heterocycles. The molecule has 1 saturated heterocycles. The molecule has 6 heteroatoms. The van der Waals surface area contributed by atoms with Crippen molar-refractivity contribution in [1.29, 1.82) is 0 Å². The SMILES string of the molecule is CC[C@H](CC[C@H](C)[C@H]1CC[C@@H]2[C@H]3CC=C4C[C@@H](O[C@@H]5O[C@H](CO)[C@@H](O)[C@H](O)[C@H]5O)CC[C@]4(C)[C@H]3CC[C@@]21C)C(C)C. The Bertz CT molecular complexity index is 918. The van der Waals surface area contributed by atoms with Crippen molar-refractivity contribution in [2.75, 3.05) is 6.61 Å². The first-order chi connectivity index (χ1) is 19.4. The molecule has 6 nitrogen and oxygen atoms in total. The number of rotatable bonds is 9. The molecule has 14 atom stereocenters. The van der Waals surface area contributed by atoms with Crippen molar-refractivity contribution in [2.45, 2.75) is 149 Å². The van der Waals surface area contributed by atoms with Crippen LogP contribution in [0.5, 0.6) is 0 Å². The van der Waals surface area contributed by atoms with Crippen molar-refractivity contribution in [3.63, 3.8) is 0 Å². The minimum atomic E-state index is -1.40. The number of fused-ring (bicyclic) bond motifs is 5. The summed E-state index contributed by atoms with van der Waals surface area (Å²) in [6.45, 7) is 14.5. The second kappa shape index (κ2) is 12.5. The molecule has 4 N–H and O–H groups in total. The van der Waals surface area contributed by atoms with Gasteiger partial charge in [-0.25, -0.2) is 0 Å². The third-order valence-electron chi connectivity index (χ3n) is 13.5. The molecule has 0 bridgehead atoms. The Morgan fingerprint density at radius 1 is 0.951 bits per heavy atom. The standard InChI is InChI=1S/C35H60O6/c1-7-22(20(2)3)9-8-21(4)26-12-13-27-25-11-10-23-18-24(14-16-34(23,5)28(25)15-17-35(26,27)6)40-33-32(39)31(38)30(37)29(19-36)41-33/h10,20-22,24-33,36-39H,7-9,11-19H2,1-6H3/t21-,22+,24-,25+,26+,27+,28-,29+,30+,31-,32+,33+,34-,35+/m0/s1. The first-order valence-electron chi connectivity index (χ1n) is 17.1. The van der Waals surface area contributed by atoms with E-state index in [-0.39, 0.29) is 11.5 Å². The van der Waals surface area contributed by atoms with Crippen molar-refractivity contribution in [3.05, 3.63) is 11.6 Å². The van der Waals surface area contributed by atoms with Crippen LogP contribution in [0.15, 0.2) is 11.6 Å². The minimum Gasteiger partial charge on any atom is -0.394 e. The summed E-state index contributed by atoms with van der Waals surface area (Å²) in [5.74, 6) is 5.66. The molecular weight excluding hydrogens is 516 g/mol. The number of hydrogen-bond acceptors (Lipinski definition) is 6. The molecule has 1 aliphatic heterocycles. The zero-order valence-electron chi connectivity index (χ0n) is 26.7. The van der Waals surface area contributed by atoms with Crippen LogP contribution in [0, 0.1) is 52.3 Å². The van der Waals surface area contributed by atoms with Gasteiger partial charge in [0.05, 0.1) is 12.7 Å². The topological polar surface area (TPSA) is 99.4 Å². The lowest BCUT2D eigenvalue weighted by Crippen LogP contribution is -2.60. The predicted molar refractivity (Wildman–Crippen MR) is 161 cm³/mol. The van der Waals surface area contributed by atoms with E-state index in [1.54, 1.807) is 0 Å². The van der Waals surface area contributed by atoms with Crippen LogP contribution >= 0.6 is 0 Å². The summed E-state index contributed by atoms with van der Waals surface area (Å²) in [5, 5.41) is 40.4. The number of aliphatic hydroxyl groups is 4. The van der Waals surface area contributed by atoms with Crippen LogP contribution in [0.25, 0.3) is 0 Å². The fourth-order valence-electron chi connectivity index (χ4n) is 10.8. The van der Waals surface area contributed by atoms with Gasteiger partial charge in [0.2, 0.25) is 0 Å². The van der Waals surface area contributed by atoms with E-state index in [0.29, 0.717) is 5.41 Å². The zero-order chi connectivity index (χ0) is 29.7. The molecule has 3 saturated carbocycles. The normalized spacial score (nSPS) is 47.7. The van der Waals surface area contributed by atoms with Gasteiger partial charge in [0.25, 0.3) is 0 Å². The third-order valence-corrected chi connectivity index (χ3v) is 13.5. The molecule has 0 amide bonds. The Kier molecular flexibility index (Phi) is 9.71. The summed E-state index contributed by atoms with van der Waals surface area (Å²) in [6, 6.07) is 0. The summed E-state index contributed by atoms with van der Waals surface area (Å²) < 4.78 is 11.9. The number of hydrogen-bond donors (Lipinski definition) is 4. The van der Waals surface area contributed by atoms with Gasteiger partial charge in [-0.15, -0.1) is 0 Å². The van der Waals surface area contributed by atoms with Gasteiger partial charge in [0, 0.05) is 0 Å². The van der Waals surface area contributed by atoms with E-state index in [1.807, 2.05) is 0 Å². The molecule has 0 aromatic heterocycles. The second-order valence-electron chi connectivity index (χ2n) is 15.7. The molecule has 5 rings (SSSR count). The monoisotopic (exact) mass is 576 g/mol. The molecule has 0 aromatic rings. The van der Waals surface area contributed by atoms with Crippen LogP contribution in [0.3, 0.4) is 0 Å². The van der Waals surface area contributed by atoms with Crippen LogP contribution in [0.1, 0.15) is 112 Å². The molecule has 41 heavy (non-hydrogen) atoms. The second-order valence-corrected chi connectivity index (χ2v) is 15.7. The van der Waals surface area contributed by atoms with Crippen LogP contribution < -0.4 is 0 Å². The van der Waals surface area contributed by atoms with E-state index >= 15 is 0 Å². The molecule has 4 fully saturated rings. The molecular formula is C35H60O6. The van der Waals surface area contributed by atoms with Gasteiger partial charge in [0.1, 0.15) is 24.4 Å². The highest BCUT2D eigenvalue weighted by molar-refractivity contribution is 5.25.